The molecule has 0 aliphatic carbocycles. The van der Waals surface area contributed by atoms with Crippen molar-refractivity contribution in [2.75, 3.05) is 20.2 Å². The molecule has 2 aromatic heterocycles. The molecule has 0 saturated carbocycles. The summed E-state index contributed by atoms with van der Waals surface area (Å²) in [6, 6.07) is 9.93. The Morgan fingerprint density at radius 1 is 1.21 bits per heavy atom. The third-order valence-electron chi connectivity index (χ3n) is 5.04. The molecule has 1 saturated heterocycles. The highest BCUT2D eigenvalue weighted by Crippen LogP contribution is 2.31. The van der Waals surface area contributed by atoms with E-state index >= 15 is 0 Å². The number of hydrogen-bond donors (Lipinski definition) is 0. The molecule has 3 aromatic rings. The summed E-state index contributed by atoms with van der Waals surface area (Å²) in [5.41, 5.74) is 1.13. The first-order chi connectivity index (χ1) is 14.1. The third kappa shape index (κ3) is 3.85. The number of fused-ring (bicyclic) bond motifs is 1. The molecule has 0 N–H and O–H groups in total. The summed E-state index contributed by atoms with van der Waals surface area (Å²) >= 11 is 0. The van der Waals surface area contributed by atoms with Gasteiger partial charge in [0.05, 0.1) is 7.11 Å². The zero-order valence-electron chi connectivity index (χ0n) is 15.8. The monoisotopic (exact) mass is 402 g/mol. The molecule has 4 rings (SSSR count). The lowest BCUT2D eigenvalue weighted by Gasteiger charge is -2.32. The van der Waals surface area contributed by atoms with Crippen LogP contribution in [0.5, 0.6) is 11.5 Å². The molecule has 1 aromatic carbocycles. The van der Waals surface area contributed by atoms with Gasteiger partial charge in [0.15, 0.2) is 17.1 Å². The van der Waals surface area contributed by atoms with Gasteiger partial charge in [-0.05, 0) is 43.2 Å². The van der Waals surface area contributed by atoms with Gasteiger partial charge in [-0.2, -0.15) is 8.78 Å². The Balaban J connectivity index is 1.54. The van der Waals surface area contributed by atoms with Gasteiger partial charge in [0.25, 0.3) is 5.91 Å². The fourth-order valence-corrected chi connectivity index (χ4v) is 3.69. The SMILES string of the molecule is COc1cc(C(=O)N2CCCC(c3nnc4ccccn34)C2)ccc1OC(F)F. The van der Waals surface area contributed by atoms with Crippen LogP contribution in [0, 0.1) is 0 Å². The van der Waals surface area contributed by atoms with Crippen LogP contribution in [-0.2, 0) is 0 Å². The summed E-state index contributed by atoms with van der Waals surface area (Å²) in [4.78, 5) is 14.8. The average molecular weight is 402 g/mol. The molecule has 1 aliphatic heterocycles. The van der Waals surface area contributed by atoms with E-state index < -0.39 is 6.61 Å². The van der Waals surface area contributed by atoms with E-state index in [0.717, 1.165) is 24.3 Å². The standard InChI is InChI=1S/C20H20F2N4O3/c1-28-16-11-13(7-8-15(16)29-20(21)22)19(27)25-9-4-5-14(12-25)18-24-23-17-6-2-3-10-26(17)18/h2-3,6-8,10-11,14,20H,4-5,9,12H2,1H3. The normalized spacial score (nSPS) is 17.0. The fourth-order valence-electron chi connectivity index (χ4n) is 3.69. The van der Waals surface area contributed by atoms with Gasteiger partial charge in [0, 0.05) is 30.8 Å². The number of pyridine rings is 1. The van der Waals surface area contributed by atoms with E-state index in [1.54, 1.807) is 4.90 Å². The predicted molar refractivity (Wildman–Crippen MR) is 100 cm³/mol. The second kappa shape index (κ2) is 8.02. The minimum absolute atomic E-state index is 0.0634. The van der Waals surface area contributed by atoms with Gasteiger partial charge < -0.3 is 14.4 Å². The first-order valence-corrected chi connectivity index (χ1v) is 9.28. The molecule has 0 radical (unpaired) electrons. The van der Waals surface area contributed by atoms with E-state index in [2.05, 4.69) is 14.9 Å². The third-order valence-corrected chi connectivity index (χ3v) is 5.04. The largest absolute Gasteiger partial charge is 0.493 e. The lowest BCUT2D eigenvalue weighted by atomic mass is 9.96. The Morgan fingerprint density at radius 2 is 2.07 bits per heavy atom. The molecular formula is C20H20F2N4O3. The number of nitrogens with zero attached hydrogens (tertiary/aromatic N) is 4. The summed E-state index contributed by atoms with van der Waals surface area (Å²) in [5.74, 6) is 0.689. The molecule has 1 atom stereocenters. The van der Waals surface area contributed by atoms with Crippen molar-refractivity contribution in [3.05, 3.63) is 54.0 Å². The molecular weight excluding hydrogens is 382 g/mol. The Labute approximate surface area is 165 Å². The summed E-state index contributed by atoms with van der Waals surface area (Å²) in [6.45, 7) is -1.85. The fraction of sp³-hybridized carbons (Fsp3) is 0.350. The number of hydrogen-bond acceptors (Lipinski definition) is 5. The first-order valence-electron chi connectivity index (χ1n) is 9.28. The number of aromatic nitrogens is 3. The number of likely N-dealkylation sites (tertiary alicyclic amines) is 1. The molecule has 1 aliphatic rings. The molecule has 3 heterocycles. The highest BCUT2D eigenvalue weighted by atomic mass is 19.3. The molecule has 1 unspecified atom stereocenters. The van der Waals surface area contributed by atoms with Crippen molar-refractivity contribution in [1.29, 1.82) is 0 Å². The van der Waals surface area contributed by atoms with Gasteiger partial charge in [-0.25, -0.2) is 0 Å². The number of piperidine rings is 1. The van der Waals surface area contributed by atoms with Crippen molar-refractivity contribution in [3.63, 3.8) is 0 Å². The van der Waals surface area contributed by atoms with Crippen molar-refractivity contribution in [1.82, 2.24) is 19.5 Å². The Kier molecular flexibility index (Phi) is 5.28. The quantitative estimate of drug-likeness (QED) is 0.655. The Hall–Kier alpha value is -3.23. The molecule has 9 heteroatoms. The number of methoxy groups -OCH3 is 1. The van der Waals surface area contributed by atoms with E-state index in [4.69, 9.17) is 4.74 Å². The molecule has 7 nitrogen and oxygen atoms in total. The zero-order chi connectivity index (χ0) is 20.4. The summed E-state index contributed by atoms with van der Waals surface area (Å²) in [5, 5.41) is 8.52. The number of amides is 1. The topological polar surface area (TPSA) is 69.0 Å². The first kappa shape index (κ1) is 19.1. The van der Waals surface area contributed by atoms with Gasteiger partial charge in [0.1, 0.15) is 5.82 Å². The van der Waals surface area contributed by atoms with Crippen molar-refractivity contribution < 1.29 is 23.0 Å². The highest BCUT2D eigenvalue weighted by molar-refractivity contribution is 5.95. The smallest absolute Gasteiger partial charge is 0.387 e. The number of rotatable bonds is 5. The molecule has 29 heavy (non-hydrogen) atoms. The molecule has 1 amide bonds. The van der Waals surface area contributed by atoms with Crippen molar-refractivity contribution in [3.8, 4) is 11.5 Å². The summed E-state index contributed by atoms with van der Waals surface area (Å²) < 4.78 is 36.5. The van der Waals surface area contributed by atoms with Crippen molar-refractivity contribution in [2.45, 2.75) is 25.4 Å². The van der Waals surface area contributed by atoms with Crippen LogP contribution in [0.3, 0.4) is 0 Å². The molecule has 0 bridgehead atoms. The van der Waals surface area contributed by atoms with Crippen molar-refractivity contribution >= 4 is 11.6 Å². The molecule has 152 valence electrons. The minimum atomic E-state index is -2.97. The number of carbonyl (C=O) groups is 1. The number of benzene rings is 1. The van der Waals surface area contributed by atoms with E-state index in [0.29, 0.717) is 18.7 Å². The van der Waals surface area contributed by atoms with Crippen LogP contribution in [0.1, 0.15) is 34.9 Å². The van der Waals surface area contributed by atoms with Crippen molar-refractivity contribution in [2.24, 2.45) is 0 Å². The lowest BCUT2D eigenvalue weighted by molar-refractivity contribution is -0.0512. The molecule has 1 fully saturated rings. The van der Waals surface area contributed by atoms with Crippen LogP contribution in [0.15, 0.2) is 42.6 Å². The van der Waals surface area contributed by atoms with Gasteiger partial charge >= 0.3 is 6.61 Å². The summed E-state index contributed by atoms with van der Waals surface area (Å²) in [6.07, 6.45) is 3.66. The van der Waals surface area contributed by atoms with Crippen LogP contribution >= 0.6 is 0 Å². The van der Waals surface area contributed by atoms with Gasteiger partial charge in [-0.1, -0.05) is 6.07 Å². The maximum atomic E-state index is 13.0. The highest BCUT2D eigenvalue weighted by Gasteiger charge is 2.29. The summed E-state index contributed by atoms with van der Waals surface area (Å²) in [7, 11) is 1.34. The van der Waals surface area contributed by atoms with E-state index in [1.807, 2.05) is 28.8 Å². The number of alkyl halides is 2. The number of ether oxygens (including phenoxy) is 2. The number of carbonyl (C=O) groups excluding carboxylic acids is 1. The van der Waals surface area contributed by atoms with Gasteiger partial charge in [-0.15, -0.1) is 10.2 Å². The number of halogens is 2. The van der Waals surface area contributed by atoms with Crippen LogP contribution in [0.2, 0.25) is 0 Å². The minimum Gasteiger partial charge on any atom is -0.493 e. The Bertz CT molecular complexity index is 1020. The lowest BCUT2D eigenvalue weighted by Crippen LogP contribution is -2.39. The average Bonchev–Trinajstić information content (AvgIpc) is 3.17. The second-order valence-corrected chi connectivity index (χ2v) is 6.82. The maximum Gasteiger partial charge on any atom is 0.387 e. The van der Waals surface area contributed by atoms with Crippen LogP contribution in [-0.4, -0.2) is 52.2 Å². The van der Waals surface area contributed by atoms with E-state index in [-0.39, 0.29) is 23.3 Å². The van der Waals surface area contributed by atoms with E-state index in [9.17, 15) is 13.6 Å². The van der Waals surface area contributed by atoms with E-state index in [1.165, 1.54) is 25.3 Å². The van der Waals surface area contributed by atoms with Gasteiger partial charge in [-0.3, -0.25) is 9.20 Å². The predicted octanol–water partition coefficient (Wildman–Crippen LogP) is 3.36. The Morgan fingerprint density at radius 3 is 2.86 bits per heavy atom. The van der Waals surface area contributed by atoms with Crippen LogP contribution in [0.4, 0.5) is 8.78 Å². The van der Waals surface area contributed by atoms with Crippen LogP contribution < -0.4 is 9.47 Å². The van der Waals surface area contributed by atoms with Gasteiger partial charge in [0.2, 0.25) is 0 Å². The molecule has 0 spiro atoms. The zero-order valence-corrected chi connectivity index (χ0v) is 15.8. The second-order valence-electron chi connectivity index (χ2n) is 6.82. The maximum absolute atomic E-state index is 13.0. The van der Waals surface area contributed by atoms with Crippen LogP contribution in [0.25, 0.3) is 5.65 Å².